The molecule has 0 saturated heterocycles. The summed E-state index contributed by atoms with van der Waals surface area (Å²) in [7, 11) is 1.72. The predicted molar refractivity (Wildman–Crippen MR) is 13.6 cm³/mol. The van der Waals surface area contributed by atoms with E-state index >= 15 is 0 Å². The van der Waals surface area contributed by atoms with E-state index in [1.165, 1.54) is 0 Å². The molecule has 5 heteroatoms. The molecular formula is O3SiSn. The average molecular weight is 195 g/mol. The third-order valence-corrected chi connectivity index (χ3v) is 0. The van der Waals surface area contributed by atoms with E-state index in [1.807, 2.05) is 0 Å². The van der Waals surface area contributed by atoms with Crippen molar-refractivity contribution in [3.8, 4) is 0 Å². The number of hydrogen-bond donors (Lipinski definition) is 0. The van der Waals surface area contributed by atoms with Crippen molar-refractivity contribution in [3.05, 3.63) is 0 Å². The predicted octanol–water partition coefficient (Wildman–Crippen LogP) is -1.12. The first kappa shape index (κ1) is 9.05. The molecule has 0 aliphatic heterocycles. The SMILES string of the molecule is O=[Si].[O]=[Sn]=[O]. The van der Waals surface area contributed by atoms with Crippen LogP contribution in [0.25, 0.3) is 0 Å². The van der Waals surface area contributed by atoms with Crippen LogP contribution in [-0.4, -0.2) is 31.2 Å². The van der Waals surface area contributed by atoms with E-state index in [4.69, 9.17) is 10.6 Å². The van der Waals surface area contributed by atoms with Crippen LogP contribution in [0.5, 0.6) is 0 Å². The maximum atomic E-state index is 8.54. The van der Waals surface area contributed by atoms with Crippen LogP contribution in [-0.2, 0) is 10.6 Å². The van der Waals surface area contributed by atoms with Gasteiger partial charge in [-0.2, -0.15) is 0 Å². The van der Waals surface area contributed by atoms with Gasteiger partial charge in [-0.3, -0.25) is 0 Å². The Hall–Kier alpha value is 0.416. The van der Waals surface area contributed by atoms with E-state index in [-0.39, 0.29) is 0 Å². The minimum absolute atomic E-state index is 1.72. The van der Waals surface area contributed by atoms with Crippen molar-refractivity contribution < 1.29 is 10.6 Å². The van der Waals surface area contributed by atoms with E-state index in [9.17, 15) is 0 Å². The molecule has 5 heavy (non-hydrogen) atoms. The first-order valence-corrected chi connectivity index (χ1v) is 3.35. The van der Waals surface area contributed by atoms with Gasteiger partial charge in [-0.05, 0) is 0 Å². The summed E-state index contributed by atoms with van der Waals surface area (Å²) in [5, 5.41) is 0. The fourth-order valence-electron chi connectivity index (χ4n) is 0. The summed E-state index contributed by atoms with van der Waals surface area (Å²) in [6.07, 6.45) is 0. The maximum absolute atomic E-state index is 8.54. The van der Waals surface area contributed by atoms with Crippen LogP contribution in [0.3, 0.4) is 0 Å². The minimum atomic E-state index is -2.27. The Bertz CT molecular complexity index is 36.2. The van der Waals surface area contributed by atoms with E-state index < -0.39 is 21.1 Å². The molecule has 0 unspecified atom stereocenters. The van der Waals surface area contributed by atoms with Gasteiger partial charge in [-0.15, -0.1) is 0 Å². The molecule has 0 rings (SSSR count). The summed E-state index contributed by atoms with van der Waals surface area (Å²) in [5.41, 5.74) is 0. The van der Waals surface area contributed by atoms with E-state index in [0.717, 1.165) is 0 Å². The molecular weight excluding hydrogens is 195 g/mol. The molecule has 0 atom stereocenters. The van der Waals surface area contributed by atoms with Crippen molar-refractivity contribution in [1.29, 1.82) is 0 Å². The fraction of sp³-hybridized carbons (Fsp3) is 0. The van der Waals surface area contributed by atoms with E-state index in [2.05, 4.69) is 0 Å². The standard InChI is InChI=1S/OSi.2O.Sn/c1-2;;;. The van der Waals surface area contributed by atoms with E-state index in [0.29, 0.717) is 0 Å². The molecule has 0 aliphatic carbocycles. The number of rotatable bonds is 0. The molecule has 0 bridgehead atoms. The van der Waals surface area contributed by atoms with Crippen molar-refractivity contribution in [2.24, 2.45) is 0 Å². The Labute approximate surface area is 42.2 Å². The van der Waals surface area contributed by atoms with Crippen LogP contribution < -0.4 is 0 Å². The molecule has 2 radical (unpaired) electrons. The zero-order valence-electron chi connectivity index (χ0n) is 2.22. The molecule has 0 fully saturated rings. The Morgan fingerprint density at radius 3 is 1.20 bits per heavy atom. The Morgan fingerprint density at radius 2 is 1.20 bits per heavy atom. The van der Waals surface area contributed by atoms with Gasteiger partial charge in [0.05, 0.1) is 0 Å². The van der Waals surface area contributed by atoms with Crippen LogP contribution in [0, 0.1) is 0 Å². The van der Waals surface area contributed by atoms with Crippen molar-refractivity contribution in [2.45, 2.75) is 0 Å². The summed E-state index contributed by atoms with van der Waals surface area (Å²) >= 11 is -2.27. The zero-order valence-corrected chi connectivity index (χ0v) is 6.08. The summed E-state index contributed by atoms with van der Waals surface area (Å²) in [5.74, 6) is 0. The summed E-state index contributed by atoms with van der Waals surface area (Å²) in [6.45, 7) is 0. The van der Waals surface area contributed by atoms with E-state index in [1.54, 1.807) is 10.1 Å². The second-order valence-corrected chi connectivity index (χ2v) is 0.559. The molecule has 0 amide bonds. The second-order valence-electron chi connectivity index (χ2n) is 0.0833. The fourth-order valence-corrected chi connectivity index (χ4v) is 0. The quantitative estimate of drug-likeness (QED) is 0.460. The molecule has 0 aromatic heterocycles. The van der Waals surface area contributed by atoms with Gasteiger partial charge in [-0.25, -0.2) is 0 Å². The van der Waals surface area contributed by atoms with Crippen LogP contribution >= 0.6 is 0 Å². The normalized spacial score (nSPS) is 2.40. The van der Waals surface area contributed by atoms with Crippen LogP contribution in [0.2, 0.25) is 0 Å². The van der Waals surface area contributed by atoms with Gasteiger partial charge in [-0.1, -0.05) is 0 Å². The van der Waals surface area contributed by atoms with Gasteiger partial charge in [0, 0.05) is 0 Å². The van der Waals surface area contributed by atoms with Gasteiger partial charge in [0.25, 0.3) is 0 Å². The first-order chi connectivity index (χ1) is 2.41. The van der Waals surface area contributed by atoms with Crippen LogP contribution in [0.4, 0.5) is 0 Å². The molecule has 0 aromatic carbocycles. The van der Waals surface area contributed by atoms with Crippen molar-refractivity contribution in [1.82, 2.24) is 0 Å². The van der Waals surface area contributed by atoms with Crippen molar-refractivity contribution in [3.63, 3.8) is 0 Å². The first-order valence-electron chi connectivity index (χ1n) is 0.612. The average Bonchev–Trinajstić information content (AvgIpc) is 1.46. The summed E-state index contributed by atoms with van der Waals surface area (Å²) in [4.78, 5) is 0. The third kappa shape index (κ3) is 149. The number of hydrogen-bond acceptors (Lipinski definition) is 3. The Balaban J connectivity index is 0. The van der Waals surface area contributed by atoms with Crippen LogP contribution in [0.15, 0.2) is 0 Å². The molecule has 0 aliphatic rings. The van der Waals surface area contributed by atoms with Crippen molar-refractivity contribution in [2.75, 3.05) is 0 Å². The molecule has 0 spiro atoms. The Kier molecular flexibility index (Phi) is 46.5. The van der Waals surface area contributed by atoms with Gasteiger partial charge < -0.3 is 4.46 Å². The summed E-state index contributed by atoms with van der Waals surface area (Å²) in [6, 6.07) is 0. The Morgan fingerprint density at radius 1 is 1.20 bits per heavy atom. The zero-order chi connectivity index (χ0) is 4.71. The van der Waals surface area contributed by atoms with Gasteiger partial charge in [0.15, 0.2) is 0 Å². The molecule has 0 saturated carbocycles. The second kappa shape index (κ2) is 25.7. The molecule has 26 valence electrons. The van der Waals surface area contributed by atoms with Crippen LogP contribution in [0.1, 0.15) is 0 Å². The summed E-state index contributed by atoms with van der Waals surface area (Å²) < 4.78 is 25.1. The molecule has 0 N–H and O–H groups in total. The monoisotopic (exact) mass is 196 g/mol. The third-order valence-electron chi connectivity index (χ3n) is 0. The van der Waals surface area contributed by atoms with Gasteiger partial charge in [0.1, 0.15) is 0 Å². The van der Waals surface area contributed by atoms with Gasteiger partial charge in [0.2, 0.25) is 0 Å². The van der Waals surface area contributed by atoms with Crippen molar-refractivity contribution >= 4 is 31.2 Å². The molecule has 0 heterocycles. The van der Waals surface area contributed by atoms with Gasteiger partial charge >= 0.3 is 37.4 Å². The molecule has 3 nitrogen and oxygen atoms in total. The molecule has 0 aromatic rings. The topological polar surface area (TPSA) is 51.2 Å².